The van der Waals surface area contributed by atoms with Crippen molar-refractivity contribution in [2.75, 3.05) is 25.9 Å². The molecule has 2 rings (SSSR count). The van der Waals surface area contributed by atoms with E-state index in [1.165, 1.54) is 11.8 Å². The summed E-state index contributed by atoms with van der Waals surface area (Å²) in [6.07, 6.45) is 3.53. The molecule has 0 saturated heterocycles. The molecule has 0 bridgehead atoms. The van der Waals surface area contributed by atoms with Gasteiger partial charge in [0.15, 0.2) is 15.8 Å². The van der Waals surface area contributed by atoms with Crippen LogP contribution in [0.1, 0.15) is 39.2 Å². The Morgan fingerprint density at radius 2 is 1.92 bits per heavy atom. The lowest BCUT2D eigenvalue weighted by Crippen LogP contribution is -2.43. The zero-order valence-electron chi connectivity index (χ0n) is 15.4. The first-order chi connectivity index (χ1) is 11.6. The second-order valence-electron chi connectivity index (χ2n) is 7.34. The number of halogens is 1. The van der Waals surface area contributed by atoms with Crippen molar-refractivity contribution >= 4 is 31.7 Å². The number of guanidine groups is 1. The number of benzene rings is 1. The Hall–Kier alpha value is -1.08. The molecule has 1 aliphatic carbocycles. The van der Waals surface area contributed by atoms with Gasteiger partial charge in [-0.1, -0.05) is 34.1 Å². The average Bonchev–Trinajstić information content (AvgIpc) is 3.30. The van der Waals surface area contributed by atoms with Crippen molar-refractivity contribution in [3.8, 4) is 0 Å². The van der Waals surface area contributed by atoms with Crippen LogP contribution in [0.25, 0.3) is 0 Å². The third-order valence-corrected chi connectivity index (χ3v) is 7.69. The minimum Gasteiger partial charge on any atom is -0.357 e. The Bertz CT molecular complexity index is 740. The Labute approximate surface area is 159 Å². The first-order valence-electron chi connectivity index (χ1n) is 8.58. The molecule has 1 saturated carbocycles. The molecule has 0 aliphatic heterocycles. The van der Waals surface area contributed by atoms with E-state index in [2.05, 4.69) is 49.8 Å². The van der Waals surface area contributed by atoms with Crippen LogP contribution in [0.4, 0.5) is 0 Å². The SMILES string of the molecule is CCNC(=NCC(C)(C)S(C)(=O)=O)NCC1(c2ccccc2Br)CC1. The van der Waals surface area contributed by atoms with E-state index >= 15 is 0 Å². The summed E-state index contributed by atoms with van der Waals surface area (Å²) < 4.78 is 24.0. The van der Waals surface area contributed by atoms with Crippen molar-refractivity contribution in [2.45, 2.75) is 43.8 Å². The molecule has 7 heteroatoms. The molecular weight excluding hydrogens is 402 g/mol. The zero-order chi connectivity index (χ0) is 18.7. The highest BCUT2D eigenvalue weighted by Gasteiger charge is 2.45. The smallest absolute Gasteiger partial charge is 0.191 e. The van der Waals surface area contributed by atoms with Crippen LogP contribution in [-0.4, -0.2) is 45.0 Å². The number of sulfone groups is 1. The van der Waals surface area contributed by atoms with E-state index in [1.54, 1.807) is 13.8 Å². The van der Waals surface area contributed by atoms with Gasteiger partial charge in [0.1, 0.15) is 0 Å². The van der Waals surface area contributed by atoms with Crippen molar-refractivity contribution in [3.63, 3.8) is 0 Å². The lowest BCUT2D eigenvalue weighted by Gasteiger charge is -2.23. The third kappa shape index (κ3) is 4.97. The molecule has 140 valence electrons. The van der Waals surface area contributed by atoms with Crippen LogP contribution in [0.3, 0.4) is 0 Å². The molecule has 0 atom stereocenters. The number of nitrogens with one attached hydrogen (secondary N) is 2. The van der Waals surface area contributed by atoms with Gasteiger partial charge in [0.25, 0.3) is 0 Å². The summed E-state index contributed by atoms with van der Waals surface area (Å²) >= 11 is 3.65. The number of aliphatic imine (C=N–C) groups is 1. The minimum absolute atomic E-state index is 0.128. The van der Waals surface area contributed by atoms with E-state index < -0.39 is 14.6 Å². The fourth-order valence-electron chi connectivity index (χ4n) is 2.56. The van der Waals surface area contributed by atoms with Crippen molar-refractivity contribution in [2.24, 2.45) is 4.99 Å². The molecule has 0 unspecified atom stereocenters. The first-order valence-corrected chi connectivity index (χ1v) is 11.3. The summed E-state index contributed by atoms with van der Waals surface area (Å²) in [7, 11) is -3.16. The van der Waals surface area contributed by atoms with E-state index in [-0.39, 0.29) is 12.0 Å². The van der Waals surface area contributed by atoms with Gasteiger partial charge in [0, 0.05) is 29.2 Å². The summed E-state index contributed by atoms with van der Waals surface area (Å²) in [4.78, 5) is 4.50. The summed E-state index contributed by atoms with van der Waals surface area (Å²) in [6, 6.07) is 8.32. The molecule has 0 aromatic heterocycles. The Morgan fingerprint density at radius 3 is 2.44 bits per heavy atom. The van der Waals surface area contributed by atoms with E-state index in [9.17, 15) is 8.42 Å². The van der Waals surface area contributed by atoms with Gasteiger partial charge in [-0.05, 0) is 45.2 Å². The van der Waals surface area contributed by atoms with Crippen LogP contribution >= 0.6 is 15.9 Å². The topological polar surface area (TPSA) is 70.6 Å². The van der Waals surface area contributed by atoms with Crippen LogP contribution in [0.5, 0.6) is 0 Å². The highest BCUT2D eigenvalue weighted by atomic mass is 79.9. The summed E-state index contributed by atoms with van der Waals surface area (Å²) in [5.74, 6) is 0.664. The number of nitrogens with zero attached hydrogens (tertiary/aromatic N) is 1. The third-order valence-electron chi connectivity index (χ3n) is 4.86. The van der Waals surface area contributed by atoms with Gasteiger partial charge in [0.2, 0.25) is 0 Å². The largest absolute Gasteiger partial charge is 0.357 e. The summed E-state index contributed by atoms with van der Waals surface area (Å²) in [5.41, 5.74) is 1.44. The monoisotopic (exact) mass is 429 g/mol. The maximum absolute atomic E-state index is 11.9. The number of hydrogen-bond donors (Lipinski definition) is 2. The molecular formula is C18H28BrN3O2S. The lowest BCUT2D eigenvalue weighted by atomic mass is 9.96. The molecule has 0 heterocycles. The fraction of sp³-hybridized carbons (Fsp3) is 0.611. The maximum atomic E-state index is 11.9. The molecule has 0 radical (unpaired) electrons. The van der Waals surface area contributed by atoms with Crippen molar-refractivity contribution in [1.82, 2.24) is 10.6 Å². The van der Waals surface area contributed by atoms with E-state index in [1.807, 2.05) is 13.0 Å². The van der Waals surface area contributed by atoms with Gasteiger partial charge >= 0.3 is 0 Å². The Balaban J connectivity index is 2.08. The Morgan fingerprint density at radius 1 is 1.28 bits per heavy atom. The van der Waals surface area contributed by atoms with E-state index in [0.717, 1.165) is 30.4 Å². The summed E-state index contributed by atoms with van der Waals surface area (Å²) in [6.45, 7) is 7.15. The zero-order valence-corrected chi connectivity index (χ0v) is 17.8. The molecule has 1 aliphatic rings. The molecule has 1 aromatic carbocycles. The minimum atomic E-state index is -3.16. The van der Waals surface area contributed by atoms with Crippen molar-refractivity contribution < 1.29 is 8.42 Å². The van der Waals surface area contributed by atoms with Crippen molar-refractivity contribution in [3.05, 3.63) is 34.3 Å². The highest BCUT2D eigenvalue weighted by molar-refractivity contribution is 9.10. The standard InChI is InChI=1S/C18H28BrN3O2S/c1-5-20-16(21-12-17(2,3)25(4,23)24)22-13-18(10-11-18)14-8-6-7-9-15(14)19/h6-9H,5,10-13H2,1-4H3,(H2,20,21,22). The average molecular weight is 430 g/mol. The summed E-state index contributed by atoms with van der Waals surface area (Å²) in [5, 5.41) is 6.60. The highest BCUT2D eigenvalue weighted by Crippen LogP contribution is 2.49. The molecule has 2 N–H and O–H groups in total. The number of rotatable bonds is 7. The Kier molecular flexibility index (Phi) is 6.20. The van der Waals surface area contributed by atoms with Crippen LogP contribution < -0.4 is 10.6 Å². The number of hydrogen-bond acceptors (Lipinski definition) is 3. The van der Waals surface area contributed by atoms with Gasteiger partial charge in [-0.3, -0.25) is 4.99 Å². The van der Waals surface area contributed by atoms with E-state index in [4.69, 9.17) is 0 Å². The van der Waals surface area contributed by atoms with Crippen LogP contribution in [0.2, 0.25) is 0 Å². The fourth-order valence-corrected chi connectivity index (χ4v) is 3.57. The second kappa shape index (κ2) is 7.66. The quantitative estimate of drug-likeness (QED) is 0.516. The van der Waals surface area contributed by atoms with Gasteiger partial charge < -0.3 is 10.6 Å². The molecule has 25 heavy (non-hydrogen) atoms. The lowest BCUT2D eigenvalue weighted by molar-refractivity contribution is 0.554. The van der Waals surface area contributed by atoms with Gasteiger partial charge in [-0.2, -0.15) is 0 Å². The molecule has 0 amide bonds. The first kappa shape index (κ1) is 20.2. The van der Waals surface area contributed by atoms with Crippen LogP contribution in [-0.2, 0) is 15.3 Å². The predicted octanol–water partition coefficient (Wildman–Crippen LogP) is 2.86. The predicted molar refractivity (Wildman–Crippen MR) is 108 cm³/mol. The van der Waals surface area contributed by atoms with Crippen LogP contribution in [0, 0.1) is 0 Å². The van der Waals surface area contributed by atoms with E-state index in [0.29, 0.717) is 5.96 Å². The molecule has 5 nitrogen and oxygen atoms in total. The molecule has 0 spiro atoms. The van der Waals surface area contributed by atoms with Gasteiger partial charge in [-0.15, -0.1) is 0 Å². The maximum Gasteiger partial charge on any atom is 0.191 e. The normalized spacial score (nSPS) is 17.2. The molecule has 1 fully saturated rings. The molecule has 1 aromatic rings. The van der Waals surface area contributed by atoms with Crippen molar-refractivity contribution in [1.29, 1.82) is 0 Å². The second-order valence-corrected chi connectivity index (χ2v) is 10.8. The van der Waals surface area contributed by atoms with Crippen LogP contribution in [0.15, 0.2) is 33.7 Å². The van der Waals surface area contributed by atoms with Gasteiger partial charge in [0.05, 0.1) is 11.3 Å². The van der Waals surface area contributed by atoms with Gasteiger partial charge in [-0.25, -0.2) is 8.42 Å².